The first kappa shape index (κ1) is 13.1. The van der Waals surface area contributed by atoms with E-state index in [9.17, 15) is 4.79 Å². The molecule has 5 nitrogen and oxygen atoms in total. The van der Waals surface area contributed by atoms with Crippen LogP contribution >= 0.6 is 0 Å². The van der Waals surface area contributed by atoms with Gasteiger partial charge in [0.15, 0.2) is 5.69 Å². The lowest BCUT2D eigenvalue weighted by molar-refractivity contribution is 0.0690. The molecule has 21 heavy (non-hydrogen) atoms. The van der Waals surface area contributed by atoms with Crippen molar-refractivity contribution in [1.82, 2.24) is 9.97 Å². The maximum absolute atomic E-state index is 10.9. The van der Waals surface area contributed by atoms with E-state index < -0.39 is 5.97 Å². The van der Waals surface area contributed by atoms with Crippen molar-refractivity contribution in [3.8, 4) is 0 Å². The quantitative estimate of drug-likeness (QED) is 0.768. The number of benzene rings is 2. The van der Waals surface area contributed by atoms with Gasteiger partial charge < -0.3 is 10.4 Å². The zero-order chi connectivity index (χ0) is 14.7. The summed E-state index contributed by atoms with van der Waals surface area (Å²) in [6, 6.07) is 15.5. The summed E-state index contributed by atoms with van der Waals surface area (Å²) in [5, 5.41) is 14.3. The Morgan fingerprint density at radius 2 is 1.90 bits per heavy atom. The molecular weight excluding hydrogens is 266 g/mol. The van der Waals surface area contributed by atoms with E-state index in [1.54, 1.807) is 0 Å². The van der Waals surface area contributed by atoms with E-state index in [4.69, 9.17) is 5.11 Å². The van der Waals surface area contributed by atoms with Crippen molar-refractivity contribution >= 4 is 22.7 Å². The molecule has 0 atom stereocenters. The third kappa shape index (κ3) is 2.81. The number of aromatic nitrogens is 2. The molecule has 0 radical (unpaired) electrons. The van der Waals surface area contributed by atoms with Gasteiger partial charge in [-0.05, 0) is 22.4 Å². The molecule has 0 spiro atoms. The van der Waals surface area contributed by atoms with E-state index in [0.717, 1.165) is 16.3 Å². The number of carboxylic acid groups (broad SMARTS) is 1. The van der Waals surface area contributed by atoms with E-state index in [-0.39, 0.29) is 5.69 Å². The molecule has 0 bridgehead atoms. The molecule has 0 aliphatic carbocycles. The molecule has 104 valence electrons. The molecule has 2 aromatic carbocycles. The Morgan fingerprint density at radius 1 is 1.10 bits per heavy atom. The van der Waals surface area contributed by atoms with Crippen molar-refractivity contribution in [2.75, 3.05) is 5.32 Å². The normalized spacial score (nSPS) is 10.5. The summed E-state index contributed by atoms with van der Waals surface area (Å²) in [7, 11) is 0. The molecule has 0 fully saturated rings. The van der Waals surface area contributed by atoms with Crippen molar-refractivity contribution in [2.24, 2.45) is 0 Å². The Bertz CT molecular complexity index is 797. The number of carbonyl (C=O) groups is 1. The van der Waals surface area contributed by atoms with Crippen LogP contribution in [-0.4, -0.2) is 21.0 Å². The van der Waals surface area contributed by atoms with Crippen molar-refractivity contribution in [1.29, 1.82) is 0 Å². The highest BCUT2D eigenvalue weighted by atomic mass is 16.4. The average molecular weight is 279 g/mol. The lowest BCUT2D eigenvalue weighted by atomic mass is 10.0. The minimum absolute atomic E-state index is 0.0228. The molecule has 1 aromatic heterocycles. The van der Waals surface area contributed by atoms with E-state index in [1.165, 1.54) is 12.3 Å². The molecule has 0 aliphatic heterocycles. The zero-order valence-corrected chi connectivity index (χ0v) is 11.2. The van der Waals surface area contributed by atoms with E-state index in [1.807, 2.05) is 24.3 Å². The summed E-state index contributed by atoms with van der Waals surface area (Å²) in [5.74, 6) is -0.756. The monoisotopic (exact) mass is 279 g/mol. The lowest BCUT2D eigenvalue weighted by Crippen LogP contribution is -2.07. The van der Waals surface area contributed by atoms with Crippen LogP contribution < -0.4 is 5.32 Å². The van der Waals surface area contributed by atoms with Crippen LogP contribution in [0.25, 0.3) is 10.8 Å². The standard InChI is InChI=1S/C16H13N3O2/c20-15(21)14-8-9-17-16(19-14)18-10-12-6-3-5-11-4-1-2-7-13(11)12/h1-9H,10H2,(H,20,21)(H,17,18,19). The summed E-state index contributed by atoms with van der Waals surface area (Å²) < 4.78 is 0. The summed E-state index contributed by atoms with van der Waals surface area (Å²) in [6.07, 6.45) is 1.43. The predicted octanol–water partition coefficient (Wildman–Crippen LogP) is 2.94. The van der Waals surface area contributed by atoms with Crippen LogP contribution in [0.4, 0.5) is 5.95 Å². The van der Waals surface area contributed by atoms with E-state index in [0.29, 0.717) is 12.5 Å². The SMILES string of the molecule is O=C(O)c1ccnc(NCc2cccc3ccccc23)n1. The van der Waals surface area contributed by atoms with Crippen molar-refractivity contribution in [3.63, 3.8) is 0 Å². The minimum atomic E-state index is -1.06. The van der Waals surface area contributed by atoms with Gasteiger partial charge >= 0.3 is 5.97 Å². The highest BCUT2D eigenvalue weighted by Crippen LogP contribution is 2.19. The molecule has 0 amide bonds. The van der Waals surface area contributed by atoms with E-state index >= 15 is 0 Å². The van der Waals surface area contributed by atoms with Crippen LogP contribution in [0.15, 0.2) is 54.7 Å². The fourth-order valence-corrected chi connectivity index (χ4v) is 2.18. The topological polar surface area (TPSA) is 75.1 Å². The number of rotatable bonds is 4. The largest absolute Gasteiger partial charge is 0.477 e. The predicted molar refractivity (Wildman–Crippen MR) is 80.3 cm³/mol. The zero-order valence-electron chi connectivity index (χ0n) is 11.2. The second-order valence-electron chi connectivity index (χ2n) is 4.56. The number of anilines is 1. The van der Waals surface area contributed by atoms with Crippen LogP contribution in [0.3, 0.4) is 0 Å². The van der Waals surface area contributed by atoms with Gasteiger partial charge in [0.2, 0.25) is 5.95 Å². The first-order valence-corrected chi connectivity index (χ1v) is 6.51. The summed E-state index contributed by atoms with van der Waals surface area (Å²) in [6.45, 7) is 0.532. The third-order valence-corrected chi connectivity index (χ3v) is 3.19. The van der Waals surface area contributed by atoms with Gasteiger partial charge in [-0.3, -0.25) is 0 Å². The highest BCUT2D eigenvalue weighted by Gasteiger charge is 2.06. The number of aromatic carboxylic acids is 1. The second-order valence-corrected chi connectivity index (χ2v) is 4.56. The average Bonchev–Trinajstić information content (AvgIpc) is 2.53. The highest BCUT2D eigenvalue weighted by molar-refractivity contribution is 5.86. The smallest absolute Gasteiger partial charge is 0.354 e. The lowest BCUT2D eigenvalue weighted by Gasteiger charge is -2.08. The molecule has 0 saturated carbocycles. The summed E-state index contributed by atoms with van der Waals surface area (Å²) >= 11 is 0. The van der Waals surface area contributed by atoms with E-state index in [2.05, 4.69) is 33.5 Å². The summed E-state index contributed by atoms with van der Waals surface area (Å²) in [5.41, 5.74) is 1.09. The molecule has 1 heterocycles. The van der Waals surface area contributed by atoms with Crippen molar-refractivity contribution < 1.29 is 9.90 Å². The van der Waals surface area contributed by atoms with Crippen molar-refractivity contribution in [2.45, 2.75) is 6.54 Å². The molecule has 5 heteroatoms. The van der Waals surface area contributed by atoms with Gasteiger partial charge in [-0.1, -0.05) is 42.5 Å². The first-order valence-electron chi connectivity index (χ1n) is 6.51. The number of hydrogen-bond donors (Lipinski definition) is 2. The Hall–Kier alpha value is -2.95. The Balaban J connectivity index is 1.84. The minimum Gasteiger partial charge on any atom is -0.477 e. The molecule has 0 aliphatic rings. The van der Waals surface area contributed by atoms with Crippen molar-refractivity contribution in [3.05, 3.63) is 66.0 Å². The van der Waals surface area contributed by atoms with Crippen LogP contribution in [0.2, 0.25) is 0 Å². The van der Waals surface area contributed by atoms with Crippen LogP contribution in [0, 0.1) is 0 Å². The molecular formula is C16H13N3O2. The fraction of sp³-hybridized carbons (Fsp3) is 0.0625. The number of hydrogen-bond acceptors (Lipinski definition) is 4. The van der Waals surface area contributed by atoms with Crippen LogP contribution in [0.5, 0.6) is 0 Å². The summed E-state index contributed by atoms with van der Waals surface area (Å²) in [4.78, 5) is 18.9. The Kier molecular flexibility index (Phi) is 3.47. The van der Waals surface area contributed by atoms with Gasteiger partial charge in [-0.25, -0.2) is 14.8 Å². The maximum Gasteiger partial charge on any atom is 0.354 e. The first-order chi connectivity index (χ1) is 10.2. The van der Waals surface area contributed by atoms with Crippen LogP contribution in [0.1, 0.15) is 16.1 Å². The number of nitrogens with one attached hydrogen (secondary N) is 1. The van der Waals surface area contributed by atoms with Gasteiger partial charge in [-0.15, -0.1) is 0 Å². The molecule has 0 unspecified atom stereocenters. The molecule has 2 N–H and O–H groups in total. The fourth-order valence-electron chi connectivity index (χ4n) is 2.18. The van der Waals surface area contributed by atoms with Gasteiger partial charge in [0.25, 0.3) is 0 Å². The molecule has 0 saturated heterocycles. The number of nitrogens with zero attached hydrogens (tertiary/aromatic N) is 2. The van der Waals surface area contributed by atoms with Gasteiger partial charge in [0.1, 0.15) is 0 Å². The number of fused-ring (bicyclic) bond motifs is 1. The number of carboxylic acids is 1. The Labute approximate surface area is 121 Å². The molecule has 3 aromatic rings. The third-order valence-electron chi connectivity index (χ3n) is 3.19. The molecule has 3 rings (SSSR count). The van der Waals surface area contributed by atoms with Gasteiger partial charge in [-0.2, -0.15) is 0 Å². The van der Waals surface area contributed by atoms with Gasteiger partial charge in [0.05, 0.1) is 0 Å². The Morgan fingerprint density at radius 3 is 2.76 bits per heavy atom. The maximum atomic E-state index is 10.9. The van der Waals surface area contributed by atoms with Crippen LogP contribution in [-0.2, 0) is 6.54 Å². The van der Waals surface area contributed by atoms with Gasteiger partial charge in [0, 0.05) is 12.7 Å². The second kappa shape index (κ2) is 5.58.